The zero-order chi connectivity index (χ0) is 17.0. The smallest absolute Gasteiger partial charge is 0.315 e. The summed E-state index contributed by atoms with van der Waals surface area (Å²) in [6.07, 6.45) is 0.943. The molecule has 23 heavy (non-hydrogen) atoms. The van der Waals surface area contributed by atoms with E-state index in [9.17, 15) is 9.59 Å². The summed E-state index contributed by atoms with van der Waals surface area (Å²) in [4.78, 5) is 25.8. The molecule has 0 aliphatic carbocycles. The van der Waals surface area contributed by atoms with E-state index in [2.05, 4.69) is 10.6 Å². The molecule has 1 heterocycles. The Balaban J connectivity index is 1.97. The highest BCUT2D eigenvalue weighted by Crippen LogP contribution is 2.24. The number of carbonyl (C=O) groups is 2. The number of hydrogen-bond acceptors (Lipinski definition) is 3. The lowest BCUT2D eigenvalue weighted by Crippen LogP contribution is -2.48. The monoisotopic (exact) mass is 319 g/mol. The van der Waals surface area contributed by atoms with Gasteiger partial charge in [-0.2, -0.15) is 0 Å². The summed E-state index contributed by atoms with van der Waals surface area (Å²) in [6, 6.07) is 5.10. The average molecular weight is 319 g/mol. The van der Waals surface area contributed by atoms with Crippen molar-refractivity contribution in [2.75, 3.05) is 18.1 Å². The highest BCUT2D eigenvalue weighted by molar-refractivity contribution is 5.96. The maximum absolute atomic E-state index is 12.2. The van der Waals surface area contributed by atoms with Crippen LogP contribution in [0.15, 0.2) is 18.2 Å². The number of aliphatic hydroxyl groups excluding tert-OH is 1. The minimum atomic E-state index is -0.342. The Hall–Kier alpha value is -2.08. The van der Waals surface area contributed by atoms with Crippen molar-refractivity contribution in [2.45, 2.75) is 45.7 Å². The summed E-state index contributed by atoms with van der Waals surface area (Å²) in [5.41, 5.74) is 3.19. The van der Waals surface area contributed by atoms with Crippen molar-refractivity contribution in [1.29, 1.82) is 0 Å². The number of carbonyl (C=O) groups excluding carboxylic acids is 2. The molecule has 1 fully saturated rings. The first-order chi connectivity index (χ1) is 10.9. The number of anilines is 1. The number of aliphatic hydroxyl groups is 1. The normalized spacial score (nSPS) is 18.9. The minimum Gasteiger partial charge on any atom is -0.394 e. The van der Waals surface area contributed by atoms with E-state index in [1.165, 1.54) is 5.56 Å². The van der Waals surface area contributed by atoms with Gasteiger partial charge in [0.2, 0.25) is 5.91 Å². The first-order valence-corrected chi connectivity index (χ1v) is 8.00. The van der Waals surface area contributed by atoms with Crippen LogP contribution in [0.25, 0.3) is 0 Å². The molecule has 0 bridgehead atoms. The molecule has 2 atom stereocenters. The lowest BCUT2D eigenvalue weighted by Gasteiger charge is -2.19. The van der Waals surface area contributed by atoms with E-state index >= 15 is 0 Å². The Morgan fingerprint density at radius 1 is 1.39 bits per heavy atom. The molecule has 0 saturated carbocycles. The molecule has 2 rings (SSSR count). The van der Waals surface area contributed by atoms with Crippen LogP contribution in [0.2, 0.25) is 0 Å². The molecule has 6 nitrogen and oxygen atoms in total. The fourth-order valence-electron chi connectivity index (χ4n) is 2.64. The van der Waals surface area contributed by atoms with E-state index in [0.717, 1.165) is 11.3 Å². The fraction of sp³-hybridized carbons (Fsp3) is 0.529. The van der Waals surface area contributed by atoms with Crippen molar-refractivity contribution in [3.63, 3.8) is 0 Å². The van der Waals surface area contributed by atoms with Crippen LogP contribution in [-0.2, 0) is 4.79 Å². The van der Waals surface area contributed by atoms with Gasteiger partial charge in [0.1, 0.15) is 0 Å². The van der Waals surface area contributed by atoms with Gasteiger partial charge in [-0.1, -0.05) is 13.0 Å². The van der Waals surface area contributed by atoms with Crippen LogP contribution in [0.3, 0.4) is 0 Å². The Labute approximate surface area is 136 Å². The van der Waals surface area contributed by atoms with Crippen LogP contribution in [0, 0.1) is 13.8 Å². The molecule has 1 aliphatic rings. The molecule has 1 aromatic rings. The second-order valence-electron chi connectivity index (χ2n) is 6.08. The molecule has 1 saturated heterocycles. The second-order valence-corrected chi connectivity index (χ2v) is 6.08. The third-order valence-electron chi connectivity index (χ3n) is 4.31. The van der Waals surface area contributed by atoms with Crippen LogP contribution < -0.4 is 15.5 Å². The fourth-order valence-corrected chi connectivity index (χ4v) is 2.64. The molecular formula is C17H25N3O3. The van der Waals surface area contributed by atoms with Gasteiger partial charge in [-0.3, -0.25) is 4.79 Å². The van der Waals surface area contributed by atoms with E-state index in [-0.39, 0.29) is 37.0 Å². The summed E-state index contributed by atoms with van der Waals surface area (Å²) in [6.45, 7) is 6.31. The summed E-state index contributed by atoms with van der Waals surface area (Å²) in [7, 11) is 0. The third kappa shape index (κ3) is 4.22. The Bertz CT molecular complexity index is 584. The zero-order valence-electron chi connectivity index (χ0n) is 13.9. The largest absolute Gasteiger partial charge is 0.394 e. The third-order valence-corrected chi connectivity index (χ3v) is 4.31. The number of aryl methyl sites for hydroxylation is 2. The lowest BCUT2D eigenvalue weighted by molar-refractivity contribution is -0.117. The van der Waals surface area contributed by atoms with Crippen LogP contribution in [0.1, 0.15) is 30.9 Å². The van der Waals surface area contributed by atoms with E-state index in [0.29, 0.717) is 13.0 Å². The molecule has 0 radical (unpaired) electrons. The van der Waals surface area contributed by atoms with Gasteiger partial charge in [0.05, 0.1) is 18.7 Å². The van der Waals surface area contributed by atoms with Crippen molar-refractivity contribution in [2.24, 2.45) is 0 Å². The van der Waals surface area contributed by atoms with Crippen LogP contribution in [-0.4, -0.2) is 42.3 Å². The topological polar surface area (TPSA) is 81.7 Å². The summed E-state index contributed by atoms with van der Waals surface area (Å²) in [5.74, 6) is 0.00718. The van der Waals surface area contributed by atoms with Gasteiger partial charge in [-0.05, 0) is 43.5 Å². The molecule has 3 N–H and O–H groups in total. The maximum Gasteiger partial charge on any atom is 0.315 e. The first kappa shape index (κ1) is 17.3. The molecule has 1 aromatic carbocycles. The van der Waals surface area contributed by atoms with E-state index < -0.39 is 0 Å². The molecule has 0 unspecified atom stereocenters. The minimum absolute atomic E-state index is 0.00718. The number of rotatable bonds is 5. The average Bonchev–Trinajstić information content (AvgIpc) is 2.88. The summed E-state index contributed by atoms with van der Waals surface area (Å²) in [5, 5.41) is 14.6. The maximum atomic E-state index is 12.2. The SMILES string of the molecule is CC[C@@H](CO)NC(=O)N[C@@H]1CC(=O)N(c2ccc(C)c(C)c2)C1. The molecule has 3 amide bonds. The Morgan fingerprint density at radius 3 is 2.74 bits per heavy atom. The van der Waals surface area contributed by atoms with Gasteiger partial charge in [0.15, 0.2) is 0 Å². The molecule has 126 valence electrons. The number of urea groups is 1. The highest BCUT2D eigenvalue weighted by atomic mass is 16.3. The first-order valence-electron chi connectivity index (χ1n) is 8.00. The van der Waals surface area contributed by atoms with E-state index in [4.69, 9.17) is 5.11 Å². The Kier molecular flexibility index (Phi) is 5.60. The number of nitrogens with one attached hydrogen (secondary N) is 2. The molecule has 0 spiro atoms. The van der Waals surface area contributed by atoms with Gasteiger partial charge in [0.25, 0.3) is 0 Å². The van der Waals surface area contributed by atoms with Gasteiger partial charge >= 0.3 is 6.03 Å². The zero-order valence-corrected chi connectivity index (χ0v) is 13.9. The van der Waals surface area contributed by atoms with Gasteiger partial charge in [-0.15, -0.1) is 0 Å². The van der Waals surface area contributed by atoms with Crippen molar-refractivity contribution < 1.29 is 14.7 Å². The highest BCUT2D eigenvalue weighted by Gasteiger charge is 2.31. The summed E-state index contributed by atoms with van der Waals surface area (Å²) < 4.78 is 0. The van der Waals surface area contributed by atoms with Crippen LogP contribution in [0.5, 0.6) is 0 Å². The second kappa shape index (κ2) is 7.46. The van der Waals surface area contributed by atoms with E-state index in [1.807, 2.05) is 39.0 Å². The number of benzene rings is 1. The van der Waals surface area contributed by atoms with Gasteiger partial charge < -0.3 is 20.6 Å². The number of hydrogen-bond donors (Lipinski definition) is 3. The number of amides is 3. The molecule has 1 aliphatic heterocycles. The lowest BCUT2D eigenvalue weighted by atomic mass is 10.1. The van der Waals surface area contributed by atoms with E-state index in [1.54, 1.807) is 4.90 Å². The number of nitrogens with zero attached hydrogens (tertiary/aromatic N) is 1. The van der Waals surface area contributed by atoms with Crippen molar-refractivity contribution in [1.82, 2.24) is 10.6 Å². The standard InChI is InChI=1S/C17H25N3O3/c1-4-13(10-21)18-17(23)19-14-8-16(22)20(9-14)15-6-5-11(2)12(3)7-15/h5-7,13-14,21H,4,8-10H2,1-3H3,(H2,18,19,23)/t13-,14+/m0/s1. The van der Waals surface area contributed by atoms with Crippen molar-refractivity contribution >= 4 is 17.6 Å². The predicted octanol–water partition coefficient (Wildman–Crippen LogP) is 1.48. The summed E-state index contributed by atoms with van der Waals surface area (Å²) >= 11 is 0. The molecule has 6 heteroatoms. The molecule has 0 aromatic heterocycles. The predicted molar refractivity (Wildman–Crippen MR) is 89.5 cm³/mol. The quantitative estimate of drug-likeness (QED) is 0.769. The van der Waals surface area contributed by atoms with Crippen LogP contribution >= 0.6 is 0 Å². The van der Waals surface area contributed by atoms with Crippen molar-refractivity contribution in [3.05, 3.63) is 29.3 Å². The van der Waals surface area contributed by atoms with Gasteiger partial charge in [0, 0.05) is 18.7 Å². The molecular weight excluding hydrogens is 294 g/mol. The van der Waals surface area contributed by atoms with Crippen LogP contribution in [0.4, 0.5) is 10.5 Å². The Morgan fingerprint density at radius 2 is 2.13 bits per heavy atom. The van der Waals surface area contributed by atoms with Crippen molar-refractivity contribution in [3.8, 4) is 0 Å². The van der Waals surface area contributed by atoms with Gasteiger partial charge in [-0.25, -0.2) is 4.79 Å².